The fraction of sp³-hybridized carbons (Fsp3) is 0.364. The predicted octanol–water partition coefficient (Wildman–Crippen LogP) is 4.71. The number of rotatable bonds is 6. The zero-order chi connectivity index (χ0) is 20.8. The standard InChI is InChI=1S/C22H24N2O5/c1-15-12-13-18(19(14-15)24(27)28)23-21(25)20(16-8-4-2-5-9-16)29-22(26)17-10-6-3-7-11-17/h2,4-5,8-9,12-14,17,20H,3,6-7,10-11H2,1H3,(H,23,25)/t20-/m1/s1. The Morgan fingerprint density at radius 2 is 1.79 bits per heavy atom. The van der Waals surface area contributed by atoms with Crippen LogP contribution in [0.25, 0.3) is 0 Å². The lowest BCUT2D eigenvalue weighted by Gasteiger charge is -2.24. The van der Waals surface area contributed by atoms with Crippen molar-refractivity contribution in [1.29, 1.82) is 0 Å². The molecule has 1 saturated carbocycles. The molecule has 7 heteroatoms. The molecule has 1 atom stereocenters. The number of ether oxygens (including phenoxy) is 1. The van der Waals surface area contributed by atoms with E-state index >= 15 is 0 Å². The molecule has 0 aromatic heterocycles. The molecule has 1 amide bonds. The normalized spacial score (nSPS) is 15.3. The third kappa shape index (κ3) is 5.19. The molecule has 1 N–H and O–H groups in total. The molecule has 0 spiro atoms. The lowest BCUT2D eigenvalue weighted by Crippen LogP contribution is -2.29. The van der Waals surface area contributed by atoms with E-state index in [1.165, 1.54) is 12.1 Å². The van der Waals surface area contributed by atoms with Crippen LogP contribution in [-0.2, 0) is 14.3 Å². The Morgan fingerprint density at radius 3 is 2.45 bits per heavy atom. The van der Waals surface area contributed by atoms with Crippen LogP contribution >= 0.6 is 0 Å². The number of hydrogen-bond acceptors (Lipinski definition) is 5. The Balaban J connectivity index is 1.83. The average Bonchev–Trinajstić information content (AvgIpc) is 2.74. The van der Waals surface area contributed by atoms with Crippen molar-refractivity contribution in [2.45, 2.75) is 45.1 Å². The van der Waals surface area contributed by atoms with E-state index in [0.29, 0.717) is 11.1 Å². The minimum absolute atomic E-state index is 0.0697. The van der Waals surface area contributed by atoms with Gasteiger partial charge < -0.3 is 10.1 Å². The maximum atomic E-state index is 13.0. The quantitative estimate of drug-likeness (QED) is 0.433. The van der Waals surface area contributed by atoms with Gasteiger partial charge in [0, 0.05) is 11.6 Å². The molecule has 2 aromatic rings. The molecule has 152 valence electrons. The second-order valence-corrected chi connectivity index (χ2v) is 7.33. The van der Waals surface area contributed by atoms with Gasteiger partial charge in [0.15, 0.2) is 0 Å². The van der Waals surface area contributed by atoms with Crippen LogP contribution in [0.5, 0.6) is 0 Å². The number of nitro benzene ring substituents is 1. The van der Waals surface area contributed by atoms with Crippen molar-refractivity contribution in [3.05, 3.63) is 69.8 Å². The number of amides is 1. The van der Waals surface area contributed by atoms with Crippen molar-refractivity contribution < 1.29 is 19.2 Å². The second-order valence-electron chi connectivity index (χ2n) is 7.33. The summed E-state index contributed by atoms with van der Waals surface area (Å²) < 4.78 is 5.61. The number of esters is 1. The van der Waals surface area contributed by atoms with Gasteiger partial charge >= 0.3 is 5.97 Å². The van der Waals surface area contributed by atoms with E-state index in [2.05, 4.69) is 5.32 Å². The molecule has 0 bridgehead atoms. The first-order valence-electron chi connectivity index (χ1n) is 9.77. The van der Waals surface area contributed by atoms with Crippen molar-refractivity contribution in [2.75, 3.05) is 5.32 Å². The average molecular weight is 396 g/mol. The van der Waals surface area contributed by atoms with Gasteiger partial charge in [0.05, 0.1) is 10.8 Å². The van der Waals surface area contributed by atoms with Gasteiger partial charge in [-0.25, -0.2) is 0 Å². The van der Waals surface area contributed by atoms with E-state index in [9.17, 15) is 19.7 Å². The number of nitrogens with zero attached hydrogens (tertiary/aromatic N) is 1. The summed E-state index contributed by atoms with van der Waals surface area (Å²) in [4.78, 5) is 36.4. The first-order chi connectivity index (χ1) is 14.0. The zero-order valence-electron chi connectivity index (χ0n) is 16.3. The summed E-state index contributed by atoms with van der Waals surface area (Å²) in [6.45, 7) is 1.73. The summed E-state index contributed by atoms with van der Waals surface area (Å²) in [6.07, 6.45) is 3.38. The van der Waals surface area contributed by atoms with E-state index in [4.69, 9.17) is 4.74 Å². The highest BCUT2D eigenvalue weighted by molar-refractivity contribution is 5.97. The molecule has 0 heterocycles. The van der Waals surface area contributed by atoms with Crippen LogP contribution in [0.3, 0.4) is 0 Å². The number of aryl methyl sites for hydroxylation is 1. The lowest BCUT2D eigenvalue weighted by molar-refractivity contribution is -0.384. The highest BCUT2D eigenvalue weighted by Gasteiger charge is 2.31. The first kappa shape index (κ1) is 20.5. The Bertz CT molecular complexity index is 891. The van der Waals surface area contributed by atoms with E-state index in [1.54, 1.807) is 43.3 Å². The number of hydrogen-bond donors (Lipinski definition) is 1. The number of anilines is 1. The summed E-state index contributed by atoms with van der Waals surface area (Å²) in [5.74, 6) is -1.23. The molecular weight excluding hydrogens is 372 g/mol. The molecule has 2 aromatic carbocycles. The van der Waals surface area contributed by atoms with Gasteiger partial charge in [0.25, 0.3) is 11.6 Å². The van der Waals surface area contributed by atoms with Crippen LogP contribution in [0.15, 0.2) is 48.5 Å². The van der Waals surface area contributed by atoms with Crippen molar-refractivity contribution in [1.82, 2.24) is 0 Å². The first-order valence-corrected chi connectivity index (χ1v) is 9.77. The molecule has 0 radical (unpaired) electrons. The van der Waals surface area contributed by atoms with Crippen LogP contribution in [0.4, 0.5) is 11.4 Å². The Hall–Kier alpha value is -3.22. The summed E-state index contributed by atoms with van der Waals surface area (Å²) in [7, 11) is 0. The van der Waals surface area contributed by atoms with Crippen molar-refractivity contribution in [3.8, 4) is 0 Å². The number of nitro groups is 1. The molecule has 0 saturated heterocycles. The fourth-order valence-corrected chi connectivity index (χ4v) is 3.55. The Labute approximate surface area is 169 Å². The largest absolute Gasteiger partial charge is 0.447 e. The predicted molar refractivity (Wildman–Crippen MR) is 108 cm³/mol. The maximum absolute atomic E-state index is 13.0. The molecule has 0 aliphatic heterocycles. The van der Waals surface area contributed by atoms with Gasteiger partial charge in [-0.2, -0.15) is 0 Å². The van der Waals surface area contributed by atoms with Crippen LogP contribution in [0.2, 0.25) is 0 Å². The topological polar surface area (TPSA) is 98.5 Å². The molecule has 29 heavy (non-hydrogen) atoms. The van der Waals surface area contributed by atoms with Crippen LogP contribution in [-0.4, -0.2) is 16.8 Å². The third-order valence-electron chi connectivity index (χ3n) is 5.12. The van der Waals surface area contributed by atoms with E-state index in [0.717, 1.165) is 32.1 Å². The van der Waals surface area contributed by atoms with Gasteiger partial charge in [-0.05, 0) is 31.4 Å². The van der Waals surface area contributed by atoms with Crippen LogP contribution in [0, 0.1) is 23.0 Å². The maximum Gasteiger partial charge on any atom is 0.310 e. The van der Waals surface area contributed by atoms with Gasteiger partial charge in [-0.15, -0.1) is 0 Å². The number of carbonyl (C=O) groups excluding carboxylic acids is 2. The van der Waals surface area contributed by atoms with Gasteiger partial charge in [0.2, 0.25) is 6.10 Å². The lowest BCUT2D eigenvalue weighted by atomic mass is 9.89. The van der Waals surface area contributed by atoms with Crippen LogP contribution < -0.4 is 5.32 Å². The summed E-state index contributed by atoms with van der Waals surface area (Å²) in [6, 6.07) is 13.2. The monoisotopic (exact) mass is 396 g/mol. The van der Waals surface area contributed by atoms with Crippen molar-refractivity contribution in [2.24, 2.45) is 5.92 Å². The molecule has 1 aliphatic rings. The summed E-state index contributed by atoms with van der Waals surface area (Å²) in [5, 5.41) is 13.9. The van der Waals surface area contributed by atoms with Gasteiger partial charge in [-0.1, -0.05) is 55.7 Å². The van der Waals surface area contributed by atoms with E-state index in [1.807, 2.05) is 0 Å². The zero-order valence-corrected chi connectivity index (χ0v) is 16.3. The summed E-state index contributed by atoms with van der Waals surface area (Å²) in [5.41, 5.74) is 1.09. The SMILES string of the molecule is Cc1ccc(NC(=O)[C@H](OC(=O)C2CCCCC2)c2ccccc2)c([N+](=O)[O-])c1. The fourth-order valence-electron chi connectivity index (χ4n) is 3.55. The van der Waals surface area contributed by atoms with E-state index < -0.39 is 22.9 Å². The van der Waals surface area contributed by atoms with Crippen molar-refractivity contribution >= 4 is 23.3 Å². The molecule has 7 nitrogen and oxygen atoms in total. The van der Waals surface area contributed by atoms with E-state index in [-0.39, 0.29) is 17.3 Å². The van der Waals surface area contributed by atoms with Crippen LogP contribution in [0.1, 0.15) is 49.3 Å². The Morgan fingerprint density at radius 1 is 1.10 bits per heavy atom. The summed E-state index contributed by atoms with van der Waals surface area (Å²) >= 11 is 0. The van der Waals surface area contributed by atoms with Gasteiger partial charge in [-0.3, -0.25) is 19.7 Å². The smallest absolute Gasteiger partial charge is 0.310 e. The molecular formula is C22H24N2O5. The molecule has 0 unspecified atom stereocenters. The van der Waals surface area contributed by atoms with Gasteiger partial charge in [0.1, 0.15) is 5.69 Å². The number of benzene rings is 2. The van der Waals surface area contributed by atoms with Crippen molar-refractivity contribution in [3.63, 3.8) is 0 Å². The Kier molecular flexibility index (Phi) is 6.59. The minimum atomic E-state index is -1.17. The highest BCUT2D eigenvalue weighted by Crippen LogP contribution is 2.30. The second kappa shape index (κ2) is 9.32. The highest BCUT2D eigenvalue weighted by atomic mass is 16.6. The number of carbonyl (C=O) groups is 2. The molecule has 1 aliphatic carbocycles. The third-order valence-corrected chi connectivity index (χ3v) is 5.12. The molecule has 3 rings (SSSR count). The number of nitrogens with one attached hydrogen (secondary N) is 1. The minimum Gasteiger partial charge on any atom is -0.447 e. The molecule has 1 fully saturated rings.